The largest absolute Gasteiger partial charge is 0.357 e. The SMILES string of the molecule is O=S(=O)(NCc1nccc(N2CCCC2)n1)c1ccccc1F. The fourth-order valence-corrected chi connectivity index (χ4v) is 3.55. The van der Waals surface area contributed by atoms with Gasteiger partial charge in [-0.3, -0.25) is 0 Å². The van der Waals surface area contributed by atoms with E-state index in [1.807, 2.05) is 0 Å². The highest BCUT2D eigenvalue weighted by atomic mass is 32.2. The van der Waals surface area contributed by atoms with Gasteiger partial charge in [0.05, 0.1) is 6.54 Å². The number of aromatic nitrogens is 2. The number of sulfonamides is 1. The Morgan fingerprint density at radius 2 is 1.91 bits per heavy atom. The van der Waals surface area contributed by atoms with Crippen LogP contribution in [-0.2, 0) is 16.6 Å². The average Bonchev–Trinajstić information content (AvgIpc) is 3.08. The van der Waals surface area contributed by atoms with Gasteiger partial charge in [0.2, 0.25) is 10.0 Å². The van der Waals surface area contributed by atoms with Gasteiger partial charge < -0.3 is 4.90 Å². The standard InChI is InChI=1S/C15H17FN4O2S/c16-12-5-1-2-6-13(12)23(21,22)18-11-14-17-8-7-15(19-14)20-9-3-4-10-20/h1-2,5-8,18H,3-4,9-11H2. The van der Waals surface area contributed by atoms with E-state index in [-0.39, 0.29) is 11.4 Å². The molecule has 0 unspecified atom stereocenters. The zero-order valence-electron chi connectivity index (χ0n) is 12.4. The van der Waals surface area contributed by atoms with Crippen molar-refractivity contribution in [1.29, 1.82) is 0 Å². The number of anilines is 1. The molecular formula is C15H17FN4O2S. The first kappa shape index (κ1) is 15.8. The second kappa shape index (κ2) is 6.59. The van der Waals surface area contributed by atoms with Crippen LogP contribution in [0, 0.1) is 5.82 Å². The summed E-state index contributed by atoms with van der Waals surface area (Å²) in [6.45, 7) is 1.80. The van der Waals surface area contributed by atoms with Crippen LogP contribution in [-0.4, -0.2) is 31.5 Å². The molecule has 1 N–H and O–H groups in total. The number of benzene rings is 1. The Labute approximate surface area is 134 Å². The summed E-state index contributed by atoms with van der Waals surface area (Å²) >= 11 is 0. The lowest BCUT2D eigenvalue weighted by Gasteiger charge is -2.16. The normalized spacial score (nSPS) is 15.1. The van der Waals surface area contributed by atoms with E-state index in [9.17, 15) is 12.8 Å². The van der Waals surface area contributed by atoms with Crippen LogP contribution in [0.5, 0.6) is 0 Å². The lowest BCUT2D eigenvalue weighted by molar-refractivity contribution is 0.555. The predicted octanol–water partition coefficient (Wildman–Crippen LogP) is 1.69. The summed E-state index contributed by atoms with van der Waals surface area (Å²) in [5, 5.41) is 0. The minimum absolute atomic E-state index is 0.0850. The van der Waals surface area contributed by atoms with Gasteiger partial charge in [0.25, 0.3) is 0 Å². The number of nitrogens with zero attached hydrogens (tertiary/aromatic N) is 3. The molecule has 1 aliphatic rings. The van der Waals surface area contributed by atoms with Gasteiger partial charge in [-0.2, -0.15) is 0 Å². The summed E-state index contributed by atoms with van der Waals surface area (Å²) in [5.41, 5.74) is 0. The Bertz CT molecular complexity index is 792. The van der Waals surface area contributed by atoms with Crippen molar-refractivity contribution < 1.29 is 12.8 Å². The summed E-state index contributed by atoms with van der Waals surface area (Å²) in [7, 11) is -3.94. The maximum Gasteiger partial charge on any atom is 0.243 e. The van der Waals surface area contributed by atoms with E-state index in [4.69, 9.17) is 0 Å². The van der Waals surface area contributed by atoms with Crippen LogP contribution in [0.25, 0.3) is 0 Å². The van der Waals surface area contributed by atoms with Crippen molar-refractivity contribution in [3.63, 3.8) is 0 Å². The smallest absolute Gasteiger partial charge is 0.243 e. The average molecular weight is 336 g/mol. The van der Waals surface area contributed by atoms with Crippen molar-refractivity contribution in [3.8, 4) is 0 Å². The molecular weight excluding hydrogens is 319 g/mol. The zero-order chi connectivity index (χ0) is 16.3. The van der Waals surface area contributed by atoms with E-state index >= 15 is 0 Å². The topological polar surface area (TPSA) is 75.2 Å². The van der Waals surface area contributed by atoms with Crippen molar-refractivity contribution in [2.45, 2.75) is 24.3 Å². The van der Waals surface area contributed by atoms with E-state index in [2.05, 4.69) is 19.6 Å². The van der Waals surface area contributed by atoms with Crippen LogP contribution >= 0.6 is 0 Å². The molecule has 8 heteroatoms. The molecule has 3 rings (SSSR count). The molecule has 2 aromatic rings. The predicted molar refractivity (Wildman–Crippen MR) is 83.9 cm³/mol. The number of nitrogens with one attached hydrogen (secondary N) is 1. The molecule has 0 bridgehead atoms. The Morgan fingerprint density at radius 1 is 1.17 bits per heavy atom. The summed E-state index contributed by atoms with van der Waals surface area (Å²) in [4.78, 5) is 10.2. The Balaban J connectivity index is 1.73. The van der Waals surface area contributed by atoms with Crippen molar-refractivity contribution in [2.75, 3.05) is 18.0 Å². The lowest BCUT2D eigenvalue weighted by Crippen LogP contribution is -2.26. The number of rotatable bonds is 5. The van der Waals surface area contributed by atoms with Gasteiger partial charge in [-0.1, -0.05) is 12.1 Å². The molecule has 122 valence electrons. The molecule has 0 atom stereocenters. The minimum Gasteiger partial charge on any atom is -0.357 e. The van der Waals surface area contributed by atoms with Gasteiger partial charge in [0.15, 0.2) is 0 Å². The van der Waals surface area contributed by atoms with Gasteiger partial charge in [-0.05, 0) is 31.0 Å². The first-order valence-electron chi connectivity index (χ1n) is 7.37. The van der Waals surface area contributed by atoms with Crippen LogP contribution in [0.15, 0.2) is 41.4 Å². The van der Waals surface area contributed by atoms with Gasteiger partial charge in [-0.15, -0.1) is 0 Å². The maximum atomic E-state index is 13.6. The van der Waals surface area contributed by atoms with Gasteiger partial charge >= 0.3 is 0 Å². The van der Waals surface area contributed by atoms with E-state index in [0.29, 0.717) is 5.82 Å². The minimum atomic E-state index is -3.94. The summed E-state index contributed by atoms with van der Waals surface area (Å²) in [6, 6.07) is 7.05. The monoisotopic (exact) mass is 336 g/mol. The Hall–Kier alpha value is -2.06. The van der Waals surface area contributed by atoms with Crippen molar-refractivity contribution in [1.82, 2.24) is 14.7 Å². The molecule has 1 aromatic carbocycles. The lowest BCUT2D eigenvalue weighted by atomic mass is 10.4. The molecule has 0 radical (unpaired) electrons. The fraction of sp³-hybridized carbons (Fsp3) is 0.333. The molecule has 0 saturated carbocycles. The third-order valence-electron chi connectivity index (χ3n) is 3.67. The van der Waals surface area contributed by atoms with Crippen LogP contribution in [0.3, 0.4) is 0 Å². The number of halogens is 1. The third kappa shape index (κ3) is 3.65. The molecule has 0 aliphatic carbocycles. The summed E-state index contributed by atoms with van der Waals surface area (Å²) < 4.78 is 40.3. The van der Waals surface area contributed by atoms with Gasteiger partial charge in [-0.25, -0.2) is 27.5 Å². The van der Waals surface area contributed by atoms with Crippen molar-refractivity contribution >= 4 is 15.8 Å². The molecule has 23 heavy (non-hydrogen) atoms. The number of hydrogen-bond acceptors (Lipinski definition) is 5. The first-order chi connectivity index (χ1) is 11.1. The van der Waals surface area contributed by atoms with Gasteiger partial charge in [0, 0.05) is 19.3 Å². The highest BCUT2D eigenvalue weighted by molar-refractivity contribution is 7.89. The third-order valence-corrected chi connectivity index (χ3v) is 5.10. The van der Waals surface area contributed by atoms with Crippen LogP contribution < -0.4 is 9.62 Å². The summed E-state index contributed by atoms with van der Waals surface area (Å²) in [6.07, 6.45) is 3.85. The molecule has 1 aliphatic heterocycles. The molecule has 0 amide bonds. The highest BCUT2D eigenvalue weighted by Gasteiger charge is 2.19. The number of hydrogen-bond donors (Lipinski definition) is 1. The Kier molecular flexibility index (Phi) is 4.53. The Morgan fingerprint density at radius 3 is 2.65 bits per heavy atom. The van der Waals surface area contributed by atoms with Crippen LogP contribution in [0.2, 0.25) is 0 Å². The molecule has 6 nitrogen and oxygen atoms in total. The van der Waals surface area contributed by atoms with Crippen LogP contribution in [0.4, 0.5) is 10.2 Å². The second-order valence-electron chi connectivity index (χ2n) is 5.28. The van der Waals surface area contributed by atoms with Gasteiger partial charge in [0.1, 0.15) is 22.4 Å². The van der Waals surface area contributed by atoms with E-state index in [1.54, 1.807) is 12.3 Å². The second-order valence-corrected chi connectivity index (χ2v) is 7.02. The van der Waals surface area contributed by atoms with E-state index < -0.39 is 15.8 Å². The quantitative estimate of drug-likeness (QED) is 0.899. The zero-order valence-corrected chi connectivity index (χ0v) is 13.3. The van der Waals surface area contributed by atoms with E-state index in [1.165, 1.54) is 18.2 Å². The highest BCUT2D eigenvalue weighted by Crippen LogP contribution is 2.17. The van der Waals surface area contributed by atoms with Crippen LogP contribution in [0.1, 0.15) is 18.7 Å². The molecule has 0 spiro atoms. The van der Waals surface area contributed by atoms with Crippen molar-refractivity contribution in [2.24, 2.45) is 0 Å². The molecule has 1 aromatic heterocycles. The first-order valence-corrected chi connectivity index (χ1v) is 8.86. The summed E-state index contributed by atoms with van der Waals surface area (Å²) in [5.74, 6) is 0.360. The molecule has 1 saturated heterocycles. The maximum absolute atomic E-state index is 13.6. The van der Waals surface area contributed by atoms with Crippen molar-refractivity contribution in [3.05, 3.63) is 48.2 Å². The fourth-order valence-electron chi connectivity index (χ4n) is 2.50. The van der Waals surface area contributed by atoms with E-state index in [0.717, 1.165) is 37.8 Å². The molecule has 2 heterocycles. The molecule has 1 fully saturated rings.